The maximum atomic E-state index is 12.6. The molecule has 5 nitrogen and oxygen atoms in total. The molecule has 0 unspecified atom stereocenters. The van der Waals surface area contributed by atoms with Crippen LogP contribution in [0, 0.1) is 0 Å². The number of imidazole rings is 1. The molecule has 0 atom stereocenters. The number of para-hydroxylation sites is 1. The first-order valence-corrected chi connectivity index (χ1v) is 8.80. The van der Waals surface area contributed by atoms with E-state index in [4.69, 9.17) is 0 Å². The molecule has 0 spiro atoms. The maximum Gasteiger partial charge on any atom is 0.262 e. The molecule has 6 heteroatoms. The van der Waals surface area contributed by atoms with E-state index in [9.17, 15) is 4.79 Å². The van der Waals surface area contributed by atoms with Gasteiger partial charge in [0, 0.05) is 24.7 Å². The van der Waals surface area contributed by atoms with Crippen LogP contribution in [0.3, 0.4) is 0 Å². The summed E-state index contributed by atoms with van der Waals surface area (Å²) in [5.74, 6) is 0.673. The predicted molar refractivity (Wildman–Crippen MR) is 96.4 cm³/mol. The number of thioether (sulfide) groups is 1. The number of aromatic nitrogens is 4. The van der Waals surface area contributed by atoms with Gasteiger partial charge < -0.3 is 4.40 Å². The monoisotopic (exact) mass is 336 g/mol. The molecular weight excluding hydrogens is 320 g/mol. The summed E-state index contributed by atoms with van der Waals surface area (Å²) in [6.07, 6.45) is 3.99. The Labute approximate surface area is 143 Å². The Bertz CT molecular complexity index is 1050. The first-order valence-electron chi connectivity index (χ1n) is 7.81. The van der Waals surface area contributed by atoms with Crippen molar-refractivity contribution in [2.45, 2.75) is 24.4 Å². The average molecular weight is 336 g/mol. The van der Waals surface area contributed by atoms with Crippen molar-refractivity contribution in [3.05, 3.63) is 70.9 Å². The highest BCUT2D eigenvalue weighted by Crippen LogP contribution is 2.22. The number of hydrogen-bond donors (Lipinski definition) is 0. The standard InChI is InChI=1S/C18H16N4OS/c1-2-22-17(23)14-7-3-4-8-15(14)20-18(22)24-12-13-11-21-10-6-5-9-16(21)19-13/h3-11H,2,12H2,1H3. The van der Waals surface area contributed by atoms with E-state index in [-0.39, 0.29) is 5.56 Å². The van der Waals surface area contributed by atoms with Gasteiger partial charge in [0.1, 0.15) is 5.65 Å². The molecule has 0 radical (unpaired) electrons. The zero-order chi connectivity index (χ0) is 16.5. The van der Waals surface area contributed by atoms with Crippen molar-refractivity contribution in [1.82, 2.24) is 18.9 Å². The van der Waals surface area contributed by atoms with Gasteiger partial charge in [0.25, 0.3) is 5.56 Å². The Morgan fingerprint density at radius 2 is 1.92 bits per heavy atom. The van der Waals surface area contributed by atoms with Gasteiger partial charge in [0.05, 0.1) is 16.6 Å². The Kier molecular flexibility index (Phi) is 3.82. The van der Waals surface area contributed by atoms with Crippen molar-refractivity contribution in [3.63, 3.8) is 0 Å². The van der Waals surface area contributed by atoms with Crippen molar-refractivity contribution in [2.24, 2.45) is 0 Å². The molecular formula is C18H16N4OS. The van der Waals surface area contributed by atoms with Crippen LogP contribution in [-0.4, -0.2) is 18.9 Å². The van der Waals surface area contributed by atoms with Crippen LogP contribution in [0.25, 0.3) is 16.6 Å². The molecule has 24 heavy (non-hydrogen) atoms. The number of hydrogen-bond acceptors (Lipinski definition) is 4. The lowest BCUT2D eigenvalue weighted by Gasteiger charge is -2.10. The van der Waals surface area contributed by atoms with Gasteiger partial charge >= 0.3 is 0 Å². The van der Waals surface area contributed by atoms with Crippen LogP contribution in [-0.2, 0) is 12.3 Å². The third kappa shape index (κ3) is 2.59. The number of rotatable bonds is 4. The summed E-state index contributed by atoms with van der Waals surface area (Å²) in [6.45, 7) is 2.57. The van der Waals surface area contributed by atoms with E-state index in [1.165, 1.54) is 0 Å². The molecule has 4 aromatic rings. The molecule has 0 saturated carbocycles. The van der Waals surface area contributed by atoms with Gasteiger partial charge in [-0.2, -0.15) is 0 Å². The van der Waals surface area contributed by atoms with Crippen molar-refractivity contribution in [2.75, 3.05) is 0 Å². The second-order valence-electron chi connectivity index (χ2n) is 5.45. The van der Waals surface area contributed by atoms with Crippen LogP contribution in [0.5, 0.6) is 0 Å². The minimum absolute atomic E-state index is 0.0144. The molecule has 0 bridgehead atoms. The highest BCUT2D eigenvalue weighted by Gasteiger charge is 2.11. The summed E-state index contributed by atoms with van der Waals surface area (Å²) in [5, 5.41) is 1.40. The fourth-order valence-corrected chi connectivity index (χ4v) is 3.68. The molecule has 0 fully saturated rings. The highest BCUT2D eigenvalue weighted by atomic mass is 32.2. The van der Waals surface area contributed by atoms with Gasteiger partial charge in [0.15, 0.2) is 5.16 Å². The lowest BCUT2D eigenvalue weighted by molar-refractivity contribution is 0.634. The van der Waals surface area contributed by atoms with Crippen molar-refractivity contribution in [1.29, 1.82) is 0 Å². The molecule has 1 aromatic carbocycles. The molecule has 120 valence electrons. The first kappa shape index (κ1) is 15.0. The lowest BCUT2D eigenvalue weighted by Crippen LogP contribution is -2.22. The van der Waals surface area contributed by atoms with Gasteiger partial charge in [0.2, 0.25) is 0 Å². The summed E-state index contributed by atoms with van der Waals surface area (Å²) in [5.41, 5.74) is 2.65. The SMILES string of the molecule is CCn1c(SCc2cn3ccccc3n2)nc2ccccc2c1=O. The predicted octanol–water partition coefficient (Wildman–Crippen LogP) is 3.36. The molecule has 3 aromatic heterocycles. The largest absolute Gasteiger partial charge is 0.307 e. The van der Waals surface area contributed by atoms with Gasteiger partial charge in [-0.3, -0.25) is 9.36 Å². The summed E-state index contributed by atoms with van der Waals surface area (Å²) >= 11 is 1.54. The zero-order valence-corrected chi connectivity index (χ0v) is 14.0. The normalized spacial score (nSPS) is 11.4. The third-order valence-electron chi connectivity index (χ3n) is 3.91. The lowest BCUT2D eigenvalue weighted by atomic mass is 10.2. The van der Waals surface area contributed by atoms with E-state index in [0.29, 0.717) is 17.7 Å². The maximum absolute atomic E-state index is 12.6. The van der Waals surface area contributed by atoms with Gasteiger partial charge in [-0.1, -0.05) is 30.0 Å². The number of benzene rings is 1. The second kappa shape index (κ2) is 6.13. The molecule has 0 aliphatic rings. The average Bonchev–Trinajstić information content (AvgIpc) is 3.03. The molecule has 0 aliphatic heterocycles. The molecule has 0 saturated heterocycles. The molecule has 0 N–H and O–H groups in total. The zero-order valence-electron chi connectivity index (χ0n) is 13.2. The molecule has 0 aliphatic carbocycles. The van der Waals surface area contributed by atoms with E-state index in [1.54, 1.807) is 16.3 Å². The Hall–Kier alpha value is -2.60. The van der Waals surface area contributed by atoms with Crippen LogP contribution in [0.1, 0.15) is 12.6 Å². The van der Waals surface area contributed by atoms with E-state index >= 15 is 0 Å². The van der Waals surface area contributed by atoms with Gasteiger partial charge in [-0.05, 0) is 31.2 Å². The topological polar surface area (TPSA) is 52.2 Å². The third-order valence-corrected chi connectivity index (χ3v) is 4.92. The van der Waals surface area contributed by atoms with Crippen molar-refractivity contribution >= 4 is 28.3 Å². The summed E-state index contributed by atoms with van der Waals surface area (Å²) < 4.78 is 3.72. The quantitative estimate of drug-likeness (QED) is 0.424. The van der Waals surface area contributed by atoms with Crippen LogP contribution < -0.4 is 5.56 Å². The minimum atomic E-state index is 0.0144. The van der Waals surface area contributed by atoms with Gasteiger partial charge in [-0.25, -0.2) is 9.97 Å². The van der Waals surface area contributed by atoms with E-state index in [1.807, 2.05) is 66.2 Å². The van der Waals surface area contributed by atoms with Crippen molar-refractivity contribution < 1.29 is 0 Å². The van der Waals surface area contributed by atoms with Crippen LogP contribution >= 0.6 is 11.8 Å². The van der Waals surface area contributed by atoms with Crippen LogP contribution in [0.2, 0.25) is 0 Å². The van der Waals surface area contributed by atoms with E-state index in [2.05, 4.69) is 9.97 Å². The Morgan fingerprint density at radius 3 is 2.75 bits per heavy atom. The Balaban J connectivity index is 1.69. The molecule has 0 amide bonds. The van der Waals surface area contributed by atoms with Gasteiger partial charge in [-0.15, -0.1) is 0 Å². The number of pyridine rings is 1. The first-order chi connectivity index (χ1) is 11.8. The summed E-state index contributed by atoms with van der Waals surface area (Å²) in [7, 11) is 0. The second-order valence-corrected chi connectivity index (χ2v) is 6.39. The summed E-state index contributed by atoms with van der Waals surface area (Å²) in [4.78, 5) is 21.9. The number of fused-ring (bicyclic) bond motifs is 2. The molecule has 4 rings (SSSR count). The van der Waals surface area contributed by atoms with E-state index in [0.717, 1.165) is 22.0 Å². The van der Waals surface area contributed by atoms with Crippen LogP contribution in [0.4, 0.5) is 0 Å². The van der Waals surface area contributed by atoms with Crippen molar-refractivity contribution in [3.8, 4) is 0 Å². The fraction of sp³-hybridized carbons (Fsp3) is 0.167. The summed E-state index contributed by atoms with van der Waals surface area (Å²) in [6, 6.07) is 13.4. The molecule has 3 heterocycles. The minimum Gasteiger partial charge on any atom is -0.307 e. The van der Waals surface area contributed by atoms with Crippen LogP contribution in [0.15, 0.2) is 64.8 Å². The fourth-order valence-electron chi connectivity index (χ4n) is 2.73. The highest BCUT2D eigenvalue weighted by molar-refractivity contribution is 7.98. The number of nitrogens with zero attached hydrogens (tertiary/aromatic N) is 4. The van der Waals surface area contributed by atoms with E-state index < -0.39 is 0 Å². The Morgan fingerprint density at radius 1 is 1.08 bits per heavy atom. The smallest absolute Gasteiger partial charge is 0.262 e.